The Labute approximate surface area is 122 Å². The third-order valence-corrected chi connectivity index (χ3v) is 2.88. The van der Waals surface area contributed by atoms with Crippen LogP contribution in [-0.2, 0) is 0 Å². The van der Waals surface area contributed by atoms with Crippen molar-refractivity contribution in [1.82, 2.24) is 9.97 Å². The van der Waals surface area contributed by atoms with Gasteiger partial charge in [0.05, 0.1) is 19.0 Å². The number of benzene rings is 1. The minimum atomic E-state index is -1.09. The first kappa shape index (κ1) is 14.8. The predicted molar refractivity (Wildman–Crippen MR) is 79.4 cm³/mol. The van der Waals surface area contributed by atoms with E-state index in [9.17, 15) is 9.90 Å². The van der Waals surface area contributed by atoms with Gasteiger partial charge in [0, 0.05) is 17.7 Å². The normalized spacial score (nSPS) is 10.5. The van der Waals surface area contributed by atoms with Gasteiger partial charge in [-0.25, -0.2) is 14.8 Å². The van der Waals surface area contributed by atoms with Gasteiger partial charge < -0.3 is 15.2 Å². The number of methoxy groups -OCH3 is 1. The van der Waals surface area contributed by atoms with Crippen LogP contribution >= 0.6 is 0 Å². The zero-order chi connectivity index (χ0) is 15.4. The Morgan fingerprint density at radius 2 is 2.14 bits per heavy atom. The number of carboxylic acid groups (broad SMARTS) is 1. The summed E-state index contributed by atoms with van der Waals surface area (Å²) in [6, 6.07) is 7.19. The Hall–Kier alpha value is -2.63. The molecule has 21 heavy (non-hydrogen) atoms. The summed E-state index contributed by atoms with van der Waals surface area (Å²) in [5.74, 6) is 0.152. The summed E-state index contributed by atoms with van der Waals surface area (Å²) in [7, 11) is 1.57. The van der Waals surface area contributed by atoms with E-state index in [2.05, 4.69) is 15.3 Å². The highest BCUT2D eigenvalue weighted by atomic mass is 16.5. The predicted octanol–water partition coefficient (Wildman–Crippen LogP) is 3.05. The fourth-order valence-corrected chi connectivity index (χ4v) is 1.78. The zero-order valence-electron chi connectivity index (χ0n) is 12.1. The van der Waals surface area contributed by atoms with Crippen molar-refractivity contribution in [3.05, 3.63) is 42.0 Å². The lowest BCUT2D eigenvalue weighted by molar-refractivity contribution is 0.0691. The van der Waals surface area contributed by atoms with E-state index >= 15 is 0 Å². The maximum atomic E-state index is 11.4. The first-order chi connectivity index (χ1) is 10.0. The molecule has 1 heterocycles. The first-order valence-corrected chi connectivity index (χ1v) is 6.52. The summed E-state index contributed by atoms with van der Waals surface area (Å²) in [5, 5.41) is 12.3. The molecule has 110 valence electrons. The average molecular weight is 287 g/mol. The van der Waals surface area contributed by atoms with Crippen LogP contribution in [0.15, 0.2) is 30.5 Å². The second-order valence-electron chi connectivity index (χ2n) is 4.81. The molecule has 0 amide bonds. The SMILES string of the molecule is COc1cccc(Nc2cnc(C(C)C)nc2C(=O)O)c1. The van der Waals surface area contributed by atoms with Gasteiger partial charge in [0.2, 0.25) is 0 Å². The minimum Gasteiger partial charge on any atom is -0.497 e. The van der Waals surface area contributed by atoms with E-state index in [0.29, 0.717) is 22.9 Å². The van der Waals surface area contributed by atoms with E-state index < -0.39 is 5.97 Å². The van der Waals surface area contributed by atoms with Crippen molar-refractivity contribution in [1.29, 1.82) is 0 Å². The lowest BCUT2D eigenvalue weighted by atomic mass is 10.2. The monoisotopic (exact) mass is 287 g/mol. The standard InChI is InChI=1S/C15H17N3O3/c1-9(2)14-16-8-12(13(18-14)15(19)20)17-10-5-4-6-11(7-10)21-3/h4-9,17H,1-3H3,(H,19,20). The van der Waals surface area contributed by atoms with Gasteiger partial charge in [-0.1, -0.05) is 19.9 Å². The molecular weight excluding hydrogens is 270 g/mol. The molecule has 1 aromatic heterocycles. The summed E-state index contributed by atoms with van der Waals surface area (Å²) in [4.78, 5) is 19.7. The van der Waals surface area contributed by atoms with E-state index in [0.717, 1.165) is 0 Å². The molecule has 2 rings (SSSR count). The summed E-state index contributed by atoms with van der Waals surface area (Å²) >= 11 is 0. The van der Waals surface area contributed by atoms with Crippen LogP contribution in [0.5, 0.6) is 5.75 Å². The quantitative estimate of drug-likeness (QED) is 0.879. The number of rotatable bonds is 5. The van der Waals surface area contributed by atoms with Crippen LogP contribution in [0, 0.1) is 0 Å². The Morgan fingerprint density at radius 3 is 2.76 bits per heavy atom. The van der Waals surface area contributed by atoms with Crippen LogP contribution in [0.1, 0.15) is 36.1 Å². The molecule has 0 aliphatic rings. The van der Waals surface area contributed by atoms with Gasteiger partial charge in [-0.15, -0.1) is 0 Å². The molecule has 0 unspecified atom stereocenters. The second-order valence-corrected chi connectivity index (χ2v) is 4.81. The number of anilines is 2. The van der Waals surface area contributed by atoms with E-state index in [1.807, 2.05) is 32.0 Å². The average Bonchev–Trinajstić information content (AvgIpc) is 2.47. The maximum absolute atomic E-state index is 11.4. The van der Waals surface area contributed by atoms with Gasteiger partial charge in [-0.05, 0) is 12.1 Å². The van der Waals surface area contributed by atoms with Gasteiger partial charge in [0.1, 0.15) is 11.6 Å². The highest BCUT2D eigenvalue weighted by molar-refractivity contribution is 5.92. The van der Waals surface area contributed by atoms with Gasteiger partial charge in [0.25, 0.3) is 0 Å². The molecule has 0 spiro atoms. The maximum Gasteiger partial charge on any atom is 0.356 e. The van der Waals surface area contributed by atoms with Crippen molar-refractivity contribution in [3.8, 4) is 5.75 Å². The molecule has 0 radical (unpaired) electrons. The highest BCUT2D eigenvalue weighted by Gasteiger charge is 2.15. The van der Waals surface area contributed by atoms with Crippen LogP contribution in [0.3, 0.4) is 0 Å². The number of ether oxygens (including phenoxy) is 1. The second kappa shape index (κ2) is 6.21. The van der Waals surface area contributed by atoms with Crippen molar-refractivity contribution in [2.75, 3.05) is 12.4 Å². The molecule has 0 saturated carbocycles. The van der Waals surface area contributed by atoms with Crippen LogP contribution < -0.4 is 10.1 Å². The number of aromatic carboxylic acids is 1. The molecular formula is C15H17N3O3. The molecule has 0 atom stereocenters. The van der Waals surface area contributed by atoms with Crippen LogP contribution in [0.2, 0.25) is 0 Å². The van der Waals surface area contributed by atoms with E-state index in [-0.39, 0.29) is 11.6 Å². The van der Waals surface area contributed by atoms with E-state index in [4.69, 9.17) is 4.74 Å². The Kier molecular flexibility index (Phi) is 4.37. The molecule has 0 aliphatic carbocycles. The van der Waals surface area contributed by atoms with Crippen LogP contribution in [-0.4, -0.2) is 28.2 Å². The lowest BCUT2D eigenvalue weighted by Gasteiger charge is -2.11. The first-order valence-electron chi connectivity index (χ1n) is 6.52. The van der Waals surface area contributed by atoms with Gasteiger partial charge in [-0.3, -0.25) is 0 Å². The molecule has 0 aliphatic heterocycles. The van der Waals surface area contributed by atoms with E-state index in [1.165, 1.54) is 6.20 Å². The number of nitrogens with zero attached hydrogens (tertiary/aromatic N) is 2. The molecule has 2 aromatic rings. The summed E-state index contributed by atoms with van der Waals surface area (Å²) < 4.78 is 5.13. The molecule has 0 bridgehead atoms. The Bertz CT molecular complexity index is 656. The number of carboxylic acids is 1. The topological polar surface area (TPSA) is 84.3 Å². The van der Waals surface area contributed by atoms with Gasteiger partial charge in [0.15, 0.2) is 5.69 Å². The number of hydrogen-bond donors (Lipinski definition) is 2. The Balaban J connectivity index is 2.36. The summed E-state index contributed by atoms with van der Waals surface area (Å²) in [6.45, 7) is 3.83. The van der Waals surface area contributed by atoms with Gasteiger partial charge in [-0.2, -0.15) is 0 Å². The van der Waals surface area contributed by atoms with Gasteiger partial charge >= 0.3 is 5.97 Å². The lowest BCUT2D eigenvalue weighted by Crippen LogP contribution is -2.10. The summed E-state index contributed by atoms with van der Waals surface area (Å²) in [6.07, 6.45) is 1.49. The molecule has 1 aromatic carbocycles. The molecule has 2 N–H and O–H groups in total. The third-order valence-electron chi connectivity index (χ3n) is 2.88. The van der Waals surface area contributed by atoms with Crippen LogP contribution in [0.25, 0.3) is 0 Å². The summed E-state index contributed by atoms with van der Waals surface area (Å²) in [5.41, 5.74) is 1.01. The smallest absolute Gasteiger partial charge is 0.356 e. The molecule has 0 fully saturated rings. The van der Waals surface area contributed by atoms with Crippen molar-refractivity contribution in [2.45, 2.75) is 19.8 Å². The zero-order valence-corrected chi connectivity index (χ0v) is 12.1. The van der Waals surface area contributed by atoms with Crippen molar-refractivity contribution in [2.24, 2.45) is 0 Å². The fraction of sp³-hybridized carbons (Fsp3) is 0.267. The molecule has 6 heteroatoms. The minimum absolute atomic E-state index is 0.0449. The molecule has 6 nitrogen and oxygen atoms in total. The fourth-order valence-electron chi connectivity index (χ4n) is 1.78. The van der Waals surface area contributed by atoms with E-state index in [1.54, 1.807) is 13.2 Å². The van der Waals surface area contributed by atoms with Crippen molar-refractivity contribution < 1.29 is 14.6 Å². The highest BCUT2D eigenvalue weighted by Crippen LogP contribution is 2.23. The largest absolute Gasteiger partial charge is 0.497 e. The number of carbonyl (C=O) groups is 1. The Morgan fingerprint density at radius 1 is 1.38 bits per heavy atom. The van der Waals surface area contributed by atoms with Crippen molar-refractivity contribution >= 4 is 17.3 Å². The third kappa shape index (κ3) is 3.47. The number of hydrogen-bond acceptors (Lipinski definition) is 5. The van der Waals surface area contributed by atoms with Crippen LogP contribution in [0.4, 0.5) is 11.4 Å². The van der Waals surface area contributed by atoms with Crippen molar-refractivity contribution in [3.63, 3.8) is 0 Å². The number of nitrogens with one attached hydrogen (secondary N) is 1. The molecule has 0 saturated heterocycles. The number of aromatic nitrogens is 2.